The average molecular weight is 236 g/mol. The van der Waals surface area contributed by atoms with Crippen LogP contribution in [0, 0.1) is 16.0 Å². The number of nitrogens with zero attached hydrogens (tertiary/aromatic N) is 2. The van der Waals surface area contributed by atoms with Gasteiger partial charge in [0, 0.05) is 12.6 Å². The average Bonchev–Trinajstić information content (AvgIpc) is 2.83. The van der Waals surface area contributed by atoms with Gasteiger partial charge in [-0.1, -0.05) is 0 Å². The van der Waals surface area contributed by atoms with E-state index in [4.69, 9.17) is 0 Å². The van der Waals surface area contributed by atoms with Crippen LogP contribution in [0.25, 0.3) is 0 Å². The topological polar surface area (TPSA) is 80.1 Å². The Morgan fingerprint density at radius 1 is 1.59 bits per heavy atom. The van der Waals surface area contributed by atoms with Crippen LogP contribution in [0.2, 0.25) is 0 Å². The van der Waals surface area contributed by atoms with Gasteiger partial charge in [-0.05, 0) is 37.9 Å². The van der Waals surface area contributed by atoms with Crippen LogP contribution in [0.15, 0.2) is 18.3 Å². The summed E-state index contributed by atoms with van der Waals surface area (Å²) >= 11 is 0. The first-order chi connectivity index (χ1) is 8.25. The van der Waals surface area contributed by atoms with Gasteiger partial charge >= 0.3 is 0 Å². The molecule has 0 bridgehead atoms. The van der Waals surface area contributed by atoms with Gasteiger partial charge in [0.15, 0.2) is 0 Å². The third-order valence-electron chi connectivity index (χ3n) is 2.98. The van der Waals surface area contributed by atoms with Crippen molar-refractivity contribution in [3.8, 4) is 0 Å². The second kappa shape index (κ2) is 5.58. The molecule has 1 aromatic heterocycles. The normalized spacial score (nSPS) is 19.2. The van der Waals surface area contributed by atoms with Gasteiger partial charge in [-0.3, -0.25) is 10.1 Å². The first kappa shape index (κ1) is 11.8. The molecule has 6 nitrogen and oxygen atoms in total. The Hall–Kier alpha value is -1.69. The Labute approximate surface area is 99.6 Å². The van der Waals surface area contributed by atoms with Gasteiger partial charge in [-0.2, -0.15) is 0 Å². The molecule has 1 aliphatic heterocycles. The van der Waals surface area contributed by atoms with E-state index in [9.17, 15) is 10.1 Å². The number of hydrogen-bond donors (Lipinski definition) is 2. The monoisotopic (exact) mass is 236 g/mol. The Bertz CT molecular complexity index is 374. The third kappa shape index (κ3) is 3.39. The summed E-state index contributed by atoms with van der Waals surface area (Å²) in [5.74, 6) is 1.43. The van der Waals surface area contributed by atoms with E-state index in [0.29, 0.717) is 5.82 Å². The summed E-state index contributed by atoms with van der Waals surface area (Å²) < 4.78 is 0. The van der Waals surface area contributed by atoms with E-state index in [0.717, 1.165) is 32.0 Å². The highest BCUT2D eigenvalue weighted by molar-refractivity contribution is 5.39. The van der Waals surface area contributed by atoms with Crippen molar-refractivity contribution in [3.63, 3.8) is 0 Å². The van der Waals surface area contributed by atoms with E-state index in [1.165, 1.54) is 18.7 Å². The molecule has 1 fully saturated rings. The molecule has 0 radical (unpaired) electrons. The maximum absolute atomic E-state index is 10.4. The lowest BCUT2D eigenvalue weighted by atomic mass is 10.1. The molecule has 1 saturated heterocycles. The highest BCUT2D eigenvalue weighted by Gasteiger charge is 2.13. The third-order valence-corrected chi connectivity index (χ3v) is 2.98. The molecule has 92 valence electrons. The van der Waals surface area contributed by atoms with Crippen molar-refractivity contribution in [2.45, 2.75) is 12.8 Å². The standard InChI is InChI=1S/C11H16N4O2/c16-15(17)10-1-2-11(14-8-10)13-6-4-9-3-5-12-7-9/h1-2,8-9,12H,3-7H2,(H,13,14). The number of pyridine rings is 1. The number of nitro groups is 1. The molecule has 1 aliphatic rings. The quantitative estimate of drug-likeness (QED) is 0.596. The van der Waals surface area contributed by atoms with Crippen LogP contribution in [0.3, 0.4) is 0 Å². The molecule has 0 spiro atoms. The fourth-order valence-corrected chi connectivity index (χ4v) is 1.96. The van der Waals surface area contributed by atoms with E-state index in [1.54, 1.807) is 6.07 Å². The Kier molecular flexibility index (Phi) is 3.87. The highest BCUT2D eigenvalue weighted by Crippen LogP contribution is 2.14. The molecular weight excluding hydrogens is 220 g/mol. The van der Waals surface area contributed by atoms with Crippen molar-refractivity contribution < 1.29 is 4.92 Å². The van der Waals surface area contributed by atoms with E-state index in [2.05, 4.69) is 15.6 Å². The first-order valence-corrected chi connectivity index (χ1v) is 5.81. The maximum Gasteiger partial charge on any atom is 0.287 e. The molecule has 2 N–H and O–H groups in total. The van der Waals surface area contributed by atoms with Crippen LogP contribution < -0.4 is 10.6 Å². The summed E-state index contributed by atoms with van der Waals surface area (Å²) in [7, 11) is 0. The number of hydrogen-bond acceptors (Lipinski definition) is 5. The van der Waals surface area contributed by atoms with Crippen molar-refractivity contribution in [3.05, 3.63) is 28.4 Å². The molecular formula is C11H16N4O2. The molecule has 0 aliphatic carbocycles. The number of rotatable bonds is 5. The molecule has 1 unspecified atom stereocenters. The second-order valence-electron chi connectivity index (χ2n) is 4.23. The second-order valence-corrected chi connectivity index (χ2v) is 4.23. The van der Waals surface area contributed by atoms with E-state index >= 15 is 0 Å². The maximum atomic E-state index is 10.4. The minimum absolute atomic E-state index is 0.0237. The fourth-order valence-electron chi connectivity index (χ4n) is 1.96. The predicted molar refractivity (Wildman–Crippen MR) is 65.0 cm³/mol. The molecule has 2 rings (SSSR count). The van der Waals surface area contributed by atoms with Crippen molar-refractivity contribution >= 4 is 11.5 Å². The molecule has 6 heteroatoms. The zero-order valence-corrected chi connectivity index (χ0v) is 9.56. The summed E-state index contributed by atoms with van der Waals surface area (Å²) in [4.78, 5) is 14.0. The van der Waals surface area contributed by atoms with Crippen LogP contribution >= 0.6 is 0 Å². The van der Waals surface area contributed by atoms with Crippen molar-refractivity contribution in [2.75, 3.05) is 25.0 Å². The summed E-state index contributed by atoms with van der Waals surface area (Å²) in [5.41, 5.74) is 0.0237. The number of aromatic nitrogens is 1. The number of anilines is 1. The van der Waals surface area contributed by atoms with Gasteiger partial charge in [-0.25, -0.2) is 4.98 Å². The van der Waals surface area contributed by atoms with Crippen LogP contribution in [0.4, 0.5) is 11.5 Å². The van der Waals surface area contributed by atoms with Crippen LogP contribution in [-0.4, -0.2) is 29.5 Å². The van der Waals surface area contributed by atoms with E-state index in [-0.39, 0.29) is 5.69 Å². The Morgan fingerprint density at radius 3 is 3.06 bits per heavy atom. The molecule has 0 amide bonds. The lowest BCUT2D eigenvalue weighted by Gasteiger charge is -2.09. The van der Waals surface area contributed by atoms with Crippen molar-refractivity contribution in [1.82, 2.24) is 10.3 Å². The molecule has 2 heterocycles. The summed E-state index contributed by atoms with van der Waals surface area (Å²) in [6, 6.07) is 3.11. The molecule has 17 heavy (non-hydrogen) atoms. The van der Waals surface area contributed by atoms with Gasteiger partial charge in [0.05, 0.1) is 4.92 Å². The minimum Gasteiger partial charge on any atom is -0.370 e. The largest absolute Gasteiger partial charge is 0.370 e. The highest BCUT2D eigenvalue weighted by atomic mass is 16.6. The Balaban J connectivity index is 1.76. The molecule has 1 aromatic rings. The van der Waals surface area contributed by atoms with Crippen LogP contribution in [0.5, 0.6) is 0 Å². The van der Waals surface area contributed by atoms with Gasteiger partial charge in [0.25, 0.3) is 5.69 Å². The van der Waals surface area contributed by atoms with E-state index < -0.39 is 4.92 Å². The van der Waals surface area contributed by atoms with Gasteiger partial charge in [0.2, 0.25) is 0 Å². The molecule has 0 saturated carbocycles. The Morgan fingerprint density at radius 2 is 2.47 bits per heavy atom. The first-order valence-electron chi connectivity index (χ1n) is 5.81. The van der Waals surface area contributed by atoms with Gasteiger partial charge in [-0.15, -0.1) is 0 Å². The predicted octanol–water partition coefficient (Wildman–Crippen LogP) is 1.40. The van der Waals surface area contributed by atoms with Gasteiger partial charge in [0.1, 0.15) is 12.0 Å². The molecule has 1 atom stereocenters. The summed E-state index contributed by atoms with van der Waals surface area (Å²) in [6.45, 7) is 3.06. The lowest BCUT2D eigenvalue weighted by Crippen LogP contribution is -2.13. The lowest BCUT2D eigenvalue weighted by molar-refractivity contribution is -0.385. The summed E-state index contributed by atoms with van der Waals surface area (Å²) in [5, 5.41) is 16.9. The summed E-state index contributed by atoms with van der Waals surface area (Å²) in [6.07, 6.45) is 3.61. The van der Waals surface area contributed by atoms with Crippen LogP contribution in [-0.2, 0) is 0 Å². The van der Waals surface area contributed by atoms with Crippen molar-refractivity contribution in [2.24, 2.45) is 5.92 Å². The zero-order valence-electron chi connectivity index (χ0n) is 9.56. The van der Waals surface area contributed by atoms with E-state index in [1.807, 2.05) is 0 Å². The smallest absolute Gasteiger partial charge is 0.287 e. The SMILES string of the molecule is O=[N+]([O-])c1ccc(NCCC2CCNC2)nc1. The number of nitrogens with one attached hydrogen (secondary N) is 2. The molecule has 0 aromatic carbocycles. The van der Waals surface area contributed by atoms with Crippen LogP contribution in [0.1, 0.15) is 12.8 Å². The minimum atomic E-state index is -0.443. The van der Waals surface area contributed by atoms with Gasteiger partial charge < -0.3 is 10.6 Å². The zero-order chi connectivity index (χ0) is 12.1. The van der Waals surface area contributed by atoms with Crippen molar-refractivity contribution in [1.29, 1.82) is 0 Å². The fraction of sp³-hybridized carbons (Fsp3) is 0.545.